The van der Waals surface area contributed by atoms with Crippen LogP contribution in [-0.4, -0.2) is 30.0 Å². The van der Waals surface area contributed by atoms with Crippen molar-refractivity contribution in [1.82, 2.24) is 16.0 Å². The molecule has 0 spiro atoms. The highest BCUT2D eigenvalue weighted by Gasteiger charge is 2.31. The molecule has 1 fully saturated rings. The molecule has 2 unspecified atom stereocenters. The van der Waals surface area contributed by atoms with Crippen molar-refractivity contribution in [1.29, 1.82) is 0 Å². The van der Waals surface area contributed by atoms with Gasteiger partial charge in [-0.25, -0.2) is 4.79 Å². The second-order valence-corrected chi connectivity index (χ2v) is 5.71. The number of amides is 4. The zero-order valence-electron chi connectivity index (χ0n) is 13.4. The third-order valence-electron chi connectivity index (χ3n) is 3.37. The van der Waals surface area contributed by atoms with Crippen molar-refractivity contribution in [2.24, 2.45) is 0 Å². The Hall–Kier alpha value is -2.57. The molecule has 0 bridgehead atoms. The summed E-state index contributed by atoms with van der Waals surface area (Å²) in [5.41, 5.74) is 0.856. The average molecular weight is 319 g/mol. The summed E-state index contributed by atoms with van der Waals surface area (Å²) in [5, 5.41) is 7.32. The Morgan fingerprint density at radius 3 is 2.57 bits per heavy atom. The first-order chi connectivity index (χ1) is 10.9. The lowest BCUT2D eigenvalue weighted by Gasteiger charge is -2.20. The lowest BCUT2D eigenvalue weighted by molar-refractivity contribution is -0.126. The zero-order chi connectivity index (χ0) is 17.0. The molecule has 7 heteroatoms. The van der Waals surface area contributed by atoms with Crippen molar-refractivity contribution >= 4 is 17.8 Å². The third-order valence-corrected chi connectivity index (χ3v) is 3.37. The standard InChI is InChI=1S/C16H21N3O4/c1-9(2)23-13-7-5-4-6-11(13)10(3)17-14(20)8-12-15(21)19-16(22)18-12/h4-7,9-10,12H,8H2,1-3H3,(H,17,20)(H2,18,19,21,22). The number of benzene rings is 1. The second-order valence-electron chi connectivity index (χ2n) is 5.71. The summed E-state index contributed by atoms with van der Waals surface area (Å²) in [6.07, 6.45) is -0.0776. The molecule has 1 aromatic rings. The first-order valence-electron chi connectivity index (χ1n) is 7.53. The van der Waals surface area contributed by atoms with E-state index in [2.05, 4.69) is 16.0 Å². The molecular formula is C16H21N3O4. The monoisotopic (exact) mass is 319 g/mol. The predicted molar refractivity (Wildman–Crippen MR) is 83.8 cm³/mol. The molecule has 2 rings (SSSR count). The molecule has 0 aromatic heterocycles. The van der Waals surface area contributed by atoms with Gasteiger partial charge in [0.1, 0.15) is 11.8 Å². The largest absolute Gasteiger partial charge is 0.491 e. The number of hydrogen-bond acceptors (Lipinski definition) is 4. The van der Waals surface area contributed by atoms with Gasteiger partial charge in [-0.1, -0.05) is 18.2 Å². The van der Waals surface area contributed by atoms with Gasteiger partial charge in [0.15, 0.2) is 0 Å². The Balaban J connectivity index is 1.99. The Morgan fingerprint density at radius 1 is 1.26 bits per heavy atom. The van der Waals surface area contributed by atoms with Crippen molar-refractivity contribution in [2.45, 2.75) is 45.4 Å². The summed E-state index contributed by atoms with van der Waals surface area (Å²) in [4.78, 5) is 34.6. The summed E-state index contributed by atoms with van der Waals surface area (Å²) >= 11 is 0. The lowest BCUT2D eigenvalue weighted by atomic mass is 10.1. The van der Waals surface area contributed by atoms with E-state index in [0.717, 1.165) is 5.56 Å². The van der Waals surface area contributed by atoms with Gasteiger partial charge >= 0.3 is 6.03 Å². The minimum atomic E-state index is -0.822. The number of carbonyl (C=O) groups excluding carboxylic acids is 3. The number of urea groups is 1. The fourth-order valence-electron chi connectivity index (χ4n) is 2.37. The second kappa shape index (κ2) is 7.13. The lowest BCUT2D eigenvalue weighted by Crippen LogP contribution is -2.37. The van der Waals surface area contributed by atoms with E-state index < -0.39 is 18.0 Å². The SMILES string of the molecule is CC(C)Oc1ccccc1C(C)NC(=O)CC1NC(=O)NC1=O. The molecule has 1 saturated heterocycles. The van der Waals surface area contributed by atoms with Crippen LogP contribution in [0.4, 0.5) is 4.79 Å². The van der Waals surface area contributed by atoms with Gasteiger partial charge in [0.05, 0.1) is 18.6 Å². The van der Waals surface area contributed by atoms with E-state index >= 15 is 0 Å². The van der Waals surface area contributed by atoms with Crippen LogP contribution in [0.25, 0.3) is 0 Å². The van der Waals surface area contributed by atoms with Crippen LogP contribution >= 0.6 is 0 Å². The van der Waals surface area contributed by atoms with E-state index in [1.807, 2.05) is 45.0 Å². The van der Waals surface area contributed by atoms with E-state index in [-0.39, 0.29) is 24.5 Å². The summed E-state index contributed by atoms with van der Waals surface area (Å²) in [7, 11) is 0. The molecule has 1 aromatic carbocycles. The average Bonchev–Trinajstić information content (AvgIpc) is 2.76. The molecule has 2 atom stereocenters. The summed E-state index contributed by atoms with van der Waals surface area (Å²) < 4.78 is 5.74. The molecule has 1 heterocycles. The smallest absolute Gasteiger partial charge is 0.322 e. The number of hydrogen-bond donors (Lipinski definition) is 3. The van der Waals surface area contributed by atoms with Gasteiger partial charge in [-0.3, -0.25) is 14.9 Å². The molecule has 0 saturated carbocycles. The molecular weight excluding hydrogens is 298 g/mol. The van der Waals surface area contributed by atoms with Gasteiger partial charge in [-0.2, -0.15) is 0 Å². The maximum atomic E-state index is 12.1. The van der Waals surface area contributed by atoms with Gasteiger partial charge in [-0.05, 0) is 26.8 Å². The van der Waals surface area contributed by atoms with Crippen molar-refractivity contribution < 1.29 is 19.1 Å². The van der Waals surface area contributed by atoms with Crippen LogP contribution < -0.4 is 20.7 Å². The van der Waals surface area contributed by atoms with E-state index in [1.165, 1.54) is 0 Å². The van der Waals surface area contributed by atoms with Gasteiger partial charge < -0.3 is 15.4 Å². The van der Waals surface area contributed by atoms with Gasteiger partial charge in [0.25, 0.3) is 5.91 Å². The molecule has 1 aliphatic rings. The highest BCUT2D eigenvalue weighted by atomic mass is 16.5. The highest BCUT2D eigenvalue weighted by Crippen LogP contribution is 2.25. The van der Waals surface area contributed by atoms with E-state index in [0.29, 0.717) is 5.75 Å². The topological polar surface area (TPSA) is 96.5 Å². The molecule has 0 radical (unpaired) electrons. The first-order valence-corrected chi connectivity index (χ1v) is 7.53. The van der Waals surface area contributed by atoms with Crippen LogP contribution in [0.1, 0.15) is 38.8 Å². The summed E-state index contributed by atoms with van der Waals surface area (Å²) in [6.45, 7) is 5.70. The van der Waals surface area contributed by atoms with Crippen molar-refractivity contribution in [3.63, 3.8) is 0 Å². The molecule has 1 aliphatic heterocycles. The highest BCUT2D eigenvalue weighted by molar-refractivity contribution is 6.05. The maximum absolute atomic E-state index is 12.1. The quantitative estimate of drug-likeness (QED) is 0.688. The van der Waals surface area contributed by atoms with Crippen LogP contribution in [0.5, 0.6) is 5.75 Å². The predicted octanol–water partition coefficient (Wildman–Crippen LogP) is 1.25. The normalized spacial score (nSPS) is 18.3. The van der Waals surface area contributed by atoms with Crippen molar-refractivity contribution in [3.8, 4) is 5.75 Å². The van der Waals surface area contributed by atoms with Crippen LogP contribution in [0.2, 0.25) is 0 Å². The minimum absolute atomic E-state index is 0.0245. The summed E-state index contributed by atoms with van der Waals surface area (Å²) in [5.74, 6) is -0.0947. The zero-order valence-corrected chi connectivity index (χ0v) is 13.4. The van der Waals surface area contributed by atoms with Gasteiger partial charge in [0, 0.05) is 5.56 Å². The van der Waals surface area contributed by atoms with Gasteiger partial charge in [0.2, 0.25) is 5.91 Å². The third kappa shape index (κ3) is 4.45. The Kier molecular flexibility index (Phi) is 5.20. The number of carbonyl (C=O) groups is 3. The fraction of sp³-hybridized carbons (Fsp3) is 0.438. The van der Waals surface area contributed by atoms with E-state index in [4.69, 9.17) is 4.74 Å². The summed E-state index contributed by atoms with van der Waals surface area (Å²) in [6, 6.07) is 5.80. The number of imide groups is 1. The number of ether oxygens (including phenoxy) is 1. The molecule has 4 amide bonds. The molecule has 0 aliphatic carbocycles. The van der Waals surface area contributed by atoms with Crippen molar-refractivity contribution in [3.05, 3.63) is 29.8 Å². The van der Waals surface area contributed by atoms with E-state index in [1.54, 1.807) is 0 Å². The van der Waals surface area contributed by atoms with Crippen LogP contribution in [-0.2, 0) is 9.59 Å². The Labute approximate surface area is 134 Å². The van der Waals surface area contributed by atoms with Crippen LogP contribution in [0.15, 0.2) is 24.3 Å². The van der Waals surface area contributed by atoms with Crippen LogP contribution in [0, 0.1) is 0 Å². The number of nitrogens with one attached hydrogen (secondary N) is 3. The first kappa shape index (κ1) is 16.8. The van der Waals surface area contributed by atoms with Gasteiger partial charge in [-0.15, -0.1) is 0 Å². The van der Waals surface area contributed by atoms with E-state index in [9.17, 15) is 14.4 Å². The molecule has 7 nitrogen and oxygen atoms in total. The molecule has 124 valence electrons. The molecule has 3 N–H and O–H groups in total. The van der Waals surface area contributed by atoms with Crippen molar-refractivity contribution in [2.75, 3.05) is 0 Å². The Morgan fingerprint density at radius 2 is 1.96 bits per heavy atom. The molecule has 23 heavy (non-hydrogen) atoms. The fourth-order valence-corrected chi connectivity index (χ4v) is 2.37. The van der Waals surface area contributed by atoms with Crippen LogP contribution in [0.3, 0.4) is 0 Å². The minimum Gasteiger partial charge on any atom is -0.491 e. The maximum Gasteiger partial charge on any atom is 0.322 e. The number of para-hydroxylation sites is 1. The Bertz CT molecular complexity index is 615. The number of rotatable bonds is 6.